The van der Waals surface area contributed by atoms with E-state index in [9.17, 15) is 13.2 Å². The van der Waals surface area contributed by atoms with Crippen molar-refractivity contribution in [3.63, 3.8) is 0 Å². The van der Waals surface area contributed by atoms with Gasteiger partial charge in [-0.05, 0) is 67.4 Å². The van der Waals surface area contributed by atoms with Crippen LogP contribution >= 0.6 is 0 Å². The maximum Gasteiger partial charge on any atom is 0.426 e. The molecular weight excluding hydrogens is 466 g/mol. The molecule has 0 radical (unpaired) electrons. The van der Waals surface area contributed by atoms with Crippen LogP contribution in [0.5, 0.6) is 0 Å². The van der Waals surface area contributed by atoms with Crippen molar-refractivity contribution < 1.29 is 22.4 Å². The minimum Gasteiger partial charge on any atom is -0.413 e. The highest BCUT2D eigenvalue weighted by atomic mass is 32.2. The SMILES string of the molecule is C=C(C=C1CCC(O[Si](C(C)C)(C(C)C)C(C)C)CC1)OC(=O)NS(=O)(=O)c1ccc(C)cc1. The lowest BCUT2D eigenvalue weighted by molar-refractivity contribution is 0.144. The van der Waals surface area contributed by atoms with Crippen LogP contribution in [0.1, 0.15) is 72.8 Å². The fraction of sp³-hybridized carbons (Fsp3) is 0.577. The van der Waals surface area contributed by atoms with Crippen molar-refractivity contribution in [1.82, 2.24) is 4.72 Å². The third-order valence-electron chi connectivity index (χ3n) is 6.79. The maximum atomic E-state index is 12.4. The molecule has 0 bridgehead atoms. The summed E-state index contributed by atoms with van der Waals surface area (Å²) >= 11 is 0. The van der Waals surface area contributed by atoms with Crippen molar-refractivity contribution in [3.8, 4) is 0 Å². The second kappa shape index (κ2) is 11.7. The first-order valence-corrected chi connectivity index (χ1v) is 15.8. The van der Waals surface area contributed by atoms with Crippen molar-refractivity contribution >= 4 is 24.4 Å². The number of amides is 1. The maximum absolute atomic E-state index is 12.4. The number of sulfonamides is 1. The minimum absolute atomic E-state index is 0.00107. The predicted molar refractivity (Wildman–Crippen MR) is 140 cm³/mol. The molecule has 1 aromatic carbocycles. The van der Waals surface area contributed by atoms with E-state index in [2.05, 4.69) is 48.1 Å². The first-order chi connectivity index (χ1) is 15.8. The Hall–Kier alpha value is -1.90. The summed E-state index contributed by atoms with van der Waals surface area (Å²) in [5.41, 5.74) is 3.70. The Kier molecular flexibility index (Phi) is 9.74. The summed E-state index contributed by atoms with van der Waals surface area (Å²) in [7, 11) is -5.92. The molecule has 0 aromatic heterocycles. The zero-order valence-electron chi connectivity index (χ0n) is 21.7. The summed E-state index contributed by atoms with van der Waals surface area (Å²) in [4.78, 5) is 12.1. The van der Waals surface area contributed by atoms with Crippen molar-refractivity contribution in [1.29, 1.82) is 0 Å². The average molecular weight is 508 g/mol. The van der Waals surface area contributed by atoms with Gasteiger partial charge in [-0.15, -0.1) is 0 Å². The van der Waals surface area contributed by atoms with Crippen LogP contribution in [0.3, 0.4) is 0 Å². The Morgan fingerprint density at radius 2 is 1.53 bits per heavy atom. The molecule has 1 aromatic rings. The van der Waals surface area contributed by atoms with Crippen LogP contribution in [0.25, 0.3) is 0 Å². The number of rotatable bonds is 9. The second-order valence-electron chi connectivity index (χ2n) is 10.2. The van der Waals surface area contributed by atoms with Gasteiger partial charge in [0.1, 0.15) is 5.76 Å². The number of hydrogen-bond donors (Lipinski definition) is 1. The van der Waals surface area contributed by atoms with Crippen molar-refractivity contribution in [2.24, 2.45) is 0 Å². The smallest absolute Gasteiger partial charge is 0.413 e. The van der Waals surface area contributed by atoms with E-state index in [4.69, 9.17) is 9.16 Å². The van der Waals surface area contributed by atoms with Crippen LogP contribution in [0, 0.1) is 6.92 Å². The second-order valence-corrected chi connectivity index (χ2v) is 17.3. The molecule has 1 aliphatic carbocycles. The van der Waals surface area contributed by atoms with Crippen molar-refractivity contribution in [2.45, 2.75) is 102 Å². The first-order valence-electron chi connectivity index (χ1n) is 12.1. The summed E-state index contributed by atoms with van der Waals surface area (Å²) in [5, 5.41) is 0. The zero-order chi connectivity index (χ0) is 25.7. The van der Waals surface area contributed by atoms with Crippen LogP contribution in [-0.2, 0) is 19.2 Å². The molecule has 2 rings (SSSR count). The molecule has 0 spiro atoms. The molecule has 0 saturated heterocycles. The molecule has 0 heterocycles. The summed E-state index contributed by atoms with van der Waals surface area (Å²) < 4.78 is 38.7. The number of hydrogen-bond acceptors (Lipinski definition) is 5. The van der Waals surface area contributed by atoms with Gasteiger partial charge >= 0.3 is 6.09 Å². The largest absolute Gasteiger partial charge is 0.426 e. The Morgan fingerprint density at radius 3 is 2.00 bits per heavy atom. The standard InChI is InChI=1S/C26H41NO5SSi/c1-18(2)34(19(3)4,20(5)6)32-24-13-11-23(12-14-24)17-22(8)31-26(28)27-33(29,30)25-15-9-21(7)10-16-25/h9-10,15-20,24H,8,11-14H2,1-7H3,(H,27,28). The summed E-state index contributed by atoms with van der Waals surface area (Å²) in [5.74, 6) is 0.126. The Bertz CT molecular complexity index is 965. The monoisotopic (exact) mass is 507 g/mol. The highest BCUT2D eigenvalue weighted by molar-refractivity contribution is 7.90. The summed E-state index contributed by atoms with van der Waals surface area (Å²) in [6.45, 7) is 19.4. The van der Waals surface area contributed by atoms with Gasteiger partial charge in [0.15, 0.2) is 0 Å². The van der Waals surface area contributed by atoms with Crippen LogP contribution < -0.4 is 4.72 Å². The van der Waals surface area contributed by atoms with E-state index in [1.807, 2.05) is 11.6 Å². The van der Waals surface area contributed by atoms with Gasteiger partial charge in [0.2, 0.25) is 8.32 Å². The first kappa shape index (κ1) is 28.3. The zero-order valence-corrected chi connectivity index (χ0v) is 23.5. The molecule has 190 valence electrons. The van der Waals surface area contributed by atoms with Crippen LogP contribution in [0.4, 0.5) is 4.79 Å². The molecule has 1 N–H and O–H groups in total. The van der Waals surface area contributed by atoms with Crippen LogP contribution in [0.2, 0.25) is 16.6 Å². The van der Waals surface area contributed by atoms with Gasteiger partial charge in [0.05, 0.1) is 4.90 Å². The van der Waals surface area contributed by atoms with Gasteiger partial charge in [-0.3, -0.25) is 0 Å². The minimum atomic E-state index is -4.00. The number of carbonyl (C=O) groups is 1. The average Bonchev–Trinajstić information content (AvgIpc) is 2.72. The van der Waals surface area contributed by atoms with E-state index in [1.54, 1.807) is 18.2 Å². The number of carbonyl (C=O) groups excluding carboxylic acids is 1. The molecule has 0 atom stereocenters. The summed E-state index contributed by atoms with van der Waals surface area (Å²) in [6, 6.07) is 6.22. The van der Waals surface area contributed by atoms with Crippen molar-refractivity contribution in [2.75, 3.05) is 0 Å². The fourth-order valence-electron chi connectivity index (χ4n) is 5.20. The van der Waals surface area contributed by atoms with Gasteiger partial charge in [-0.2, -0.15) is 0 Å². The third-order valence-corrected chi connectivity index (χ3v) is 14.3. The molecule has 1 amide bonds. The lowest BCUT2D eigenvalue weighted by atomic mass is 9.92. The van der Waals surface area contributed by atoms with E-state index in [0.29, 0.717) is 16.6 Å². The third kappa shape index (κ3) is 7.06. The Labute approximate surface area is 207 Å². The van der Waals surface area contributed by atoms with Crippen molar-refractivity contribution in [3.05, 3.63) is 53.8 Å². The number of ether oxygens (including phenoxy) is 1. The summed E-state index contributed by atoms with van der Waals surface area (Å²) in [6.07, 6.45) is 4.45. The molecule has 1 saturated carbocycles. The van der Waals surface area contributed by atoms with Gasteiger partial charge in [0.25, 0.3) is 10.0 Å². The molecule has 0 aliphatic heterocycles. The molecule has 34 heavy (non-hydrogen) atoms. The lowest BCUT2D eigenvalue weighted by Gasteiger charge is -2.45. The molecular formula is C26H41NO5SSi. The number of allylic oxidation sites excluding steroid dienone is 2. The predicted octanol–water partition coefficient (Wildman–Crippen LogP) is 6.98. The van der Waals surface area contributed by atoms with Crippen LogP contribution in [-0.4, -0.2) is 28.9 Å². The number of aryl methyl sites for hydroxylation is 1. The van der Waals surface area contributed by atoms with E-state index in [1.165, 1.54) is 12.1 Å². The highest BCUT2D eigenvalue weighted by Crippen LogP contribution is 2.44. The van der Waals surface area contributed by atoms with Gasteiger partial charge in [-0.1, -0.05) is 71.4 Å². The van der Waals surface area contributed by atoms with Crippen LogP contribution in [0.15, 0.2) is 53.1 Å². The number of benzene rings is 1. The molecule has 1 aliphatic rings. The highest BCUT2D eigenvalue weighted by Gasteiger charge is 2.46. The van der Waals surface area contributed by atoms with Gasteiger partial charge in [-0.25, -0.2) is 17.9 Å². The quantitative estimate of drug-likeness (QED) is 0.288. The molecule has 0 unspecified atom stereocenters. The fourth-order valence-corrected chi connectivity index (χ4v) is 11.7. The molecule has 6 nitrogen and oxygen atoms in total. The molecule has 8 heteroatoms. The lowest BCUT2D eigenvalue weighted by Crippen LogP contribution is -2.50. The van der Waals surface area contributed by atoms with Gasteiger partial charge < -0.3 is 9.16 Å². The topological polar surface area (TPSA) is 81.7 Å². The van der Waals surface area contributed by atoms with Gasteiger partial charge in [0, 0.05) is 6.10 Å². The van der Waals surface area contributed by atoms with E-state index < -0.39 is 24.4 Å². The molecule has 1 fully saturated rings. The van der Waals surface area contributed by atoms with E-state index >= 15 is 0 Å². The van der Waals surface area contributed by atoms with E-state index in [-0.39, 0.29) is 16.8 Å². The normalized spacial score (nSPS) is 17.2. The number of nitrogens with one attached hydrogen (secondary N) is 1. The Morgan fingerprint density at radius 1 is 1.03 bits per heavy atom. The Balaban J connectivity index is 1.93. The van der Waals surface area contributed by atoms with E-state index in [0.717, 1.165) is 36.8 Å².